The Balaban J connectivity index is 0.00000204. The van der Waals surface area contributed by atoms with Crippen LogP contribution in [0.2, 0.25) is 0 Å². The van der Waals surface area contributed by atoms with Gasteiger partial charge in [-0.05, 0) is 37.1 Å². The van der Waals surface area contributed by atoms with Gasteiger partial charge in [0.2, 0.25) is 5.78 Å². The van der Waals surface area contributed by atoms with Crippen molar-refractivity contribution in [3.63, 3.8) is 0 Å². The van der Waals surface area contributed by atoms with E-state index in [0.29, 0.717) is 28.4 Å². The highest BCUT2D eigenvalue weighted by Gasteiger charge is 2.20. The fraction of sp³-hybridized carbons (Fsp3) is 0.217. The van der Waals surface area contributed by atoms with Crippen LogP contribution < -0.4 is 10.9 Å². The topological polar surface area (TPSA) is 88.0 Å². The highest BCUT2D eigenvalue weighted by molar-refractivity contribution is 5.93. The molecule has 2 aromatic carbocycles. The molecule has 0 bridgehead atoms. The smallest absolute Gasteiger partial charge is 0.267 e. The van der Waals surface area contributed by atoms with Crippen LogP contribution in [0.25, 0.3) is 27.6 Å². The van der Waals surface area contributed by atoms with Crippen LogP contribution in [0.3, 0.4) is 0 Å². The molecule has 0 radical (unpaired) electrons. The maximum Gasteiger partial charge on any atom is 0.267 e. The van der Waals surface area contributed by atoms with Crippen LogP contribution in [0, 0.1) is 0 Å². The monoisotopic (exact) mass is 432 g/mol. The summed E-state index contributed by atoms with van der Waals surface area (Å²) in [5.41, 5.74) is 2.39. The van der Waals surface area contributed by atoms with Gasteiger partial charge in [-0.2, -0.15) is 10.1 Å². The predicted molar refractivity (Wildman–Crippen MR) is 125 cm³/mol. The molecule has 3 aromatic heterocycles. The summed E-state index contributed by atoms with van der Waals surface area (Å²) in [6.45, 7) is 0. The van der Waals surface area contributed by atoms with Gasteiger partial charge >= 0.3 is 0 Å². The Morgan fingerprint density at radius 2 is 1.71 bits per heavy atom. The zero-order chi connectivity index (χ0) is 20.1. The van der Waals surface area contributed by atoms with Crippen LogP contribution >= 0.6 is 12.4 Å². The maximum absolute atomic E-state index is 13.2. The maximum atomic E-state index is 13.2. The molecule has 2 N–H and O–H groups in total. The second-order valence-electron chi connectivity index (χ2n) is 7.86. The number of para-hydroxylation sites is 2. The number of nitrogens with one attached hydrogen (secondary N) is 2. The fourth-order valence-corrected chi connectivity index (χ4v) is 4.50. The number of nitrogens with zero attached hydrogens (tertiary/aromatic N) is 4. The largest absolute Gasteiger partial charge is 0.325 e. The van der Waals surface area contributed by atoms with Gasteiger partial charge in [-0.15, -0.1) is 12.4 Å². The molecule has 0 amide bonds. The van der Waals surface area contributed by atoms with Gasteiger partial charge < -0.3 is 5.32 Å². The Bertz CT molecular complexity index is 1470. The minimum atomic E-state index is -0.115. The van der Waals surface area contributed by atoms with Crippen molar-refractivity contribution in [3.05, 3.63) is 70.6 Å². The molecule has 1 saturated carbocycles. The van der Waals surface area contributed by atoms with Gasteiger partial charge in [-0.3, -0.25) is 9.89 Å². The molecule has 1 fully saturated rings. The Labute approximate surface area is 184 Å². The SMILES string of the molecule is Cl.O=c1c2ccccc2nc2nc(Nc3cc(C4CCCC4)n[nH]3)c3ccccc3n12. The van der Waals surface area contributed by atoms with Crippen LogP contribution in [0.4, 0.5) is 11.6 Å². The van der Waals surface area contributed by atoms with Crippen LogP contribution in [-0.2, 0) is 0 Å². The number of aromatic amines is 1. The van der Waals surface area contributed by atoms with Crippen molar-refractivity contribution in [1.29, 1.82) is 0 Å². The number of halogens is 1. The molecule has 31 heavy (non-hydrogen) atoms. The van der Waals surface area contributed by atoms with E-state index in [9.17, 15) is 4.79 Å². The lowest BCUT2D eigenvalue weighted by molar-refractivity contribution is 0.693. The van der Waals surface area contributed by atoms with E-state index in [0.717, 1.165) is 22.4 Å². The molecule has 6 rings (SSSR count). The van der Waals surface area contributed by atoms with Crippen molar-refractivity contribution >= 4 is 51.6 Å². The summed E-state index contributed by atoms with van der Waals surface area (Å²) in [6, 6.07) is 17.2. The van der Waals surface area contributed by atoms with Crippen molar-refractivity contribution in [2.75, 3.05) is 5.32 Å². The Morgan fingerprint density at radius 3 is 2.55 bits per heavy atom. The molecule has 1 aliphatic rings. The van der Waals surface area contributed by atoms with Crippen LogP contribution in [-0.4, -0.2) is 24.6 Å². The van der Waals surface area contributed by atoms with E-state index in [1.807, 2.05) is 42.5 Å². The number of rotatable bonds is 3. The number of aromatic nitrogens is 5. The second-order valence-corrected chi connectivity index (χ2v) is 7.86. The molecular weight excluding hydrogens is 412 g/mol. The molecule has 0 aliphatic heterocycles. The van der Waals surface area contributed by atoms with E-state index in [2.05, 4.69) is 26.6 Å². The first-order chi connectivity index (χ1) is 14.8. The number of hydrogen-bond acceptors (Lipinski definition) is 5. The van der Waals surface area contributed by atoms with E-state index in [-0.39, 0.29) is 18.0 Å². The van der Waals surface area contributed by atoms with E-state index in [1.54, 1.807) is 10.5 Å². The predicted octanol–water partition coefficient (Wildman–Crippen LogP) is 4.94. The van der Waals surface area contributed by atoms with Gasteiger partial charge in [-0.25, -0.2) is 9.38 Å². The molecule has 5 aromatic rings. The number of fused-ring (bicyclic) bond motifs is 4. The highest BCUT2D eigenvalue weighted by atomic mass is 35.5. The Hall–Kier alpha value is -3.45. The summed E-state index contributed by atoms with van der Waals surface area (Å²) in [5.74, 6) is 2.34. The van der Waals surface area contributed by atoms with E-state index >= 15 is 0 Å². The zero-order valence-corrected chi connectivity index (χ0v) is 17.5. The lowest BCUT2D eigenvalue weighted by atomic mass is 10.0. The van der Waals surface area contributed by atoms with Gasteiger partial charge in [0, 0.05) is 17.4 Å². The minimum absolute atomic E-state index is 0. The molecule has 8 heteroatoms. The third-order valence-electron chi connectivity index (χ3n) is 5.99. The van der Waals surface area contributed by atoms with Gasteiger partial charge in [-0.1, -0.05) is 37.1 Å². The fourth-order valence-electron chi connectivity index (χ4n) is 4.50. The summed E-state index contributed by atoms with van der Waals surface area (Å²) in [6.07, 6.45) is 4.93. The van der Waals surface area contributed by atoms with Crippen molar-refractivity contribution in [2.45, 2.75) is 31.6 Å². The number of hydrogen-bond donors (Lipinski definition) is 2. The highest BCUT2D eigenvalue weighted by Crippen LogP contribution is 2.34. The standard InChI is InChI=1S/C23H20N6O.ClH/c30-22-15-9-3-5-11-17(15)24-23-26-21(16-10-4-6-12-19(16)29(22)23)25-20-13-18(27-28-20)14-7-1-2-8-14;/h3-6,9-14H,1-2,7-8H2,(H2,24,25,26,27,28);1H. The first-order valence-electron chi connectivity index (χ1n) is 10.3. The van der Waals surface area contributed by atoms with Gasteiger partial charge in [0.15, 0.2) is 0 Å². The summed E-state index contributed by atoms with van der Waals surface area (Å²) in [5, 5.41) is 12.4. The van der Waals surface area contributed by atoms with Crippen molar-refractivity contribution in [3.8, 4) is 0 Å². The average Bonchev–Trinajstić information content (AvgIpc) is 3.46. The molecule has 0 saturated heterocycles. The minimum Gasteiger partial charge on any atom is -0.325 e. The summed E-state index contributed by atoms with van der Waals surface area (Å²) in [7, 11) is 0. The number of benzene rings is 2. The quantitative estimate of drug-likeness (QED) is 0.311. The summed E-state index contributed by atoms with van der Waals surface area (Å²) in [4.78, 5) is 22.5. The first kappa shape index (κ1) is 19.5. The van der Waals surface area contributed by atoms with Gasteiger partial charge in [0.05, 0.1) is 22.1 Å². The number of H-pyrrole nitrogens is 1. The van der Waals surface area contributed by atoms with Crippen LogP contribution in [0.15, 0.2) is 59.4 Å². The Kier molecular flexibility index (Phi) is 4.82. The molecular formula is C23H21ClN6O. The van der Waals surface area contributed by atoms with Crippen molar-refractivity contribution in [2.24, 2.45) is 0 Å². The lowest BCUT2D eigenvalue weighted by Gasteiger charge is -2.11. The van der Waals surface area contributed by atoms with E-state index in [1.165, 1.54) is 25.7 Å². The third kappa shape index (κ3) is 3.21. The summed E-state index contributed by atoms with van der Waals surface area (Å²) < 4.78 is 1.58. The molecule has 156 valence electrons. The van der Waals surface area contributed by atoms with Crippen molar-refractivity contribution in [1.82, 2.24) is 24.6 Å². The second kappa shape index (κ2) is 7.67. The normalized spacial score (nSPS) is 14.3. The third-order valence-corrected chi connectivity index (χ3v) is 5.99. The molecule has 0 spiro atoms. The van der Waals surface area contributed by atoms with E-state index in [4.69, 9.17) is 4.98 Å². The van der Waals surface area contributed by atoms with Gasteiger partial charge in [0.1, 0.15) is 11.6 Å². The number of anilines is 2. The molecule has 0 atom stereocenters. The summed E-state index contributed by atoms with van der Waals surface area (Å²) >= 11 is 0. The van der Waals surface area contributed by atoms with Gasteiger partial charge in [0.25, 0.3) is 5.56 Å². The Morgan fingerprint density at radius 1 is 0.968 bits per heavy atom. The lowest BCUT2D eigenvalue weighted by Crippen LogP contribution is -2.18. The molecule has 3 heterocycles. The zero-order valence-electron chi connectivity index (χ0n) is 16.7. The molecule has 1 aliphatic carbocycles. The molecule has 0 unspecified atom stereocenters. The molecule has 7 nitrogen and oxygen atoms in total. The average molecular weight is 433 g/mol. The van der Waals surface area contributed by atoms with Crippen molar-refractivity contribution < 1.29 is 0 Å². The first-order valence-corrected chi connectivity index (χ1v) is 10.3. The van der Waals surface area contributed by atoms with E-state index < -0.39 is 0 Å². The van der Waals surface area contributed by atoms with Crippen LogP contribution in [0.1, 0.15) is 37.3 Å². The van der Waals surface area contributed by atoms with Crippen LogP contribution in [0.5, 0.6) is 0 Å².